The molecular formula is C18H17F3N3O+. The predicted octanol–water partition coefficient (Wildman–Crippen LogP) is 3.40. The fourth-order valence-electron chi connectivity index (χ4n) is 2.39. The van der Waals surface area contributed by atoms with Gasteiger partial charge in [0.1, 0.15) is 0 Å². The molecule has 0 bridgehead atoms. The van der Waals surface area contributed by atoms with Gasteiger partial charge < -0.3 is 5.32 Å². The largest absolute Gasteiger partial charge is 0.416 e. The summed E-state index contributed by atoms with van der Waals surface area (Å²) < 4.78 is 78.2. The van der Waals surface area contributed by atoms with Crippen LogP contribution in [-0.2, 0) is 17.5 Å². The molecule has 1 unspecified atom stereocenters. The van der Waals surface area contributed by atoms with Gasteiger partial charge in [0.2, 0.25) is 11.4 Å². The highest BCUT2D eigenvalue weighted by atomic mass is 19.4. The summed E-state index contributed by atoms with van der Waals surface area (Å²) in [6.07, 6.45) is -4.34. The van der Waals surface area contributed by atoms with Crippen molar-refractivity contribution >= 4 is 18.0 Å². The Morgan fingerprint density at radius 1 is 1.44 bits per heavy atom. The number of halogens is 3. The summed E-state index contributed by atoms with van der Waals surface area (Å²) in [5.41, 5.74) is -0.845. The number of hydrogen-bond donors (Lipinski definition) is 1. The van der Waals surface area contributed by atoms with Gasteiger partial charge in [0.15, 0.2) is 0 Å². The van der Waals surface area contributed by atoms with E-state index >= 15 is 0 Å². The van der Waals surface area contributed by atoms with E-state index in [2.05, 4.69) is 10.3 Å². The molecule has 1 amide bonds. The smallest absolute Gasteiger partial charge is 0.345 e. The Balaban J connectivity index is 1.87. The van der Waals surface area contributed by atoms with Crippen LogP contribution in [0.1, 0.15) is 38.2 Å². The molecule has 2 aliphatic heterocycles. The van der Waals surface area contributed by atoms with Crippen molar-refractivity contribution in [2.75, 3.05) is 0 Å². The van der Waals surface area contributed by atoms with Crippen molar-refractivity contribution in [2.45, 2.75) is 32.9 Å². The maximum atomic E-state index is 12.8. The zero-order valence-corrected chi connectivity index (χ0v) is 13.1. The molecule has 0 saturated heterocycles. The van der Waals surface area contributed by atoms with Crippen LogP contribution < -0.4 is 5.32 Å². The molecule has 1 N–H and O–H groups in total. The van der Waals surface area contributed by atoms with Crippen LogP contribution in [0.4, 0.5) is 13.2 Å². The highest BCUT2D eigenvalue weighted by Crippen LogP contribution is 2.29. The third-order valence-corrected chi connectivity index (χ3v) is 3.64. The van der Waals surface area contributed by atoms with Crippen LogP contribution in [0.2, 0.25) is 0 Å². The normalized spacial score (nSPS) is 23.7. The Hall–Kier alpha value is -2.70. The number of carbonyl (C=O) groups is 1. The van der Waals surface area contributed by atoms with Crippen molar-refractivity contribution in [3.63, 3.8) is 0 Å². The van der Waals surface area contributed by atoms with Gasteiger partial charge in [0, 0.05) is 18.9 Å². The summed E-state index contributed by atoms with van der Waals surface area (Å²) in [7, 11) is 0. The van der Waals surface area contributed by atoms with Gasteiger partial charge in [-0.3, -0.25) is 4.79 Å². The lowest BCUT2D eigenvalue weighted by atomic mass is 10.1. The lowest BCUT2D eigenvalue weighted by Gasteiger charge is -2.10. The number of carbonyl (C=O) groups excluding carboxylic acids is 1. The van der Waals surface area contributed by atoms with Crippen molar-refractivity contribution in [1.82, 2.24) is 5.32 Å². The van der Waals surface area contributed by atoms with Crippen LogP contribution in [0.3, 0.4) is 0 Å². The molecule has 0 aliphatic carbocycles. The fourth-order valence-corrected chi connectivity index (χ4v) is 2.39. The highest BCUT2D eigenvalue weighted by molar-refractivity contribution is 6.00. The minimum atomic E-state index is -4.47. The molecule has 25 heavy (non-hydrogen) atoms. The van der Waals surface area contributed by atoms with Crippen LogP contribution in [0.15, 0.2) is 52.3 Å². The molecule has 0 aromatic heterocycles. The lowest BCUT2D eigenvalue weighted by Crippen LogP contribution is -2.32. The lowest BCUT2D eigenvalue weighted by molar-refractivity contribution is -0.337. The maximum Gasteiger partial charge on any atom is 0.416 e. The van der Waals surface area contributed by atoms with Gasteiger partial charge in [0.25, 0.3) is 5.91 Å². The van der Waals surface area contributed by atoms with Crippen molar-refractivity contribution in [1.29, 1.82) is 0 Å². The predicted molar refractivity (Wildman–Crippen MR) is 88.1 cm³/mol. The second kappa shape index (κ2) is 6.31. The van der Waals surface area contributed by atoms with Crippen LogP contribution in [0.5, 0.6) is 0 Å². The topological polar surface area (TPSA) is 44.5 Å². The van der Waals surface area contributed by atoms with Crippen molar-refractivity contribution in [2.24, 2.45) is 4.99 Å². The average molecular weight is 353 g/mol. The zero-order valence-electron chi connectivity index (χ0n) is 18.1. The first-order chi connectivity index (χ1) is 13.8. The molecule has 130 valence electrons. The van der Waals surface area contributed by atoms with Gasteiger partial charge in [-0.05, 0) is 35.2 Å². The van der Waals surface area contributed by atoms with Gasteiger partial charge in [0.05, 0.1) is 19.5 Å². The van der Waals surface area contributed by atoms with Gasteiger partial charge in [-0.1, -0.05) is 18.2 Å². The standard InChI is InChI=1S/C18H16F3N3O/c1-11-3-8-15-23-12(2)16(24(15)10-11)17(25)22-9-13-4-6-14(7-5-13)18(19,20)21/h3-7,10H,8-9H2,1-2H3/p+1/i2D3,3D,8D. The molecule has 0 radical (unpaired) electrons. The first-order valence-corrected chi connectivity index (χ1v) is 7.32. The number of rotatable bonds is 3. The molecule has 2 aliphatic rings. The molecule has 1 aromatic rings. The zero-order chi connectivity index (χ0) is 22.4. The minimum Gasteiger partial charge on any atom is -0.345 e. The Kier molecular flexibility index (Phi) is 2.97. The summed E-state index contributed by atoms with van der Waals surface area (Å²) in [5, 5.41) is 2.49. The van der Waals surface area contributed by atoms with E-state index in [-0.39, 0.29) is 24.1 Å². The number of allylic oxidation sites excluding steroid dienone is 2. The van der Waals surface area contributed by atoms with E-state index in [9.17, 15) is 18.0 Å². The number of nitrogens with one attached hydrogen (secondary N) is 1. The third-order valence-electron chi connectivity index (χ3n) is 3.64. The number of aliphatic imine (C=N–C) groups is 1. The Morgan fingerprint density at radius 2 is 2.16 bits per heavy atom. The third kappa shape index (κ3) is 3.55. The molecule has 1 aromatic carbocycles. The fraction of sp³-hybridized carbons (Fsp3) is 0.278. The second-order valence-corrected chi connectivity index (χ2v) is 5.52. The molecule has 1 atom stereocenters. The SMILES string of the molecule is [2H]C1=C(C)C=[N+]2C(=NC(C([2H])([2H])[2H])=C2C(=O)NCc2ccc(C(F)(F)F)cc2)C1[2H]. The van der Waals surface area contributed by atoms with E-state index in [1.807, 2.05) is 0 Å². The quantitative estimate of drug-likeness (QED) is 0.832. The summed E-state index contributed by atoms with van der Waals surface area (Å²) >= 11 is 0. The van der Waals surface area contributed by atoms with E-state index in [0.29, 0.717) is 11.1 Å². The van der Waals surface area contributed by atoms with E-state index in [4.69, 9.17) is 6.85 Å². The summed E-state index contributed by atoms with van der Waals surface area (Å²) in [6, 6.07) is 4.15. The molecule has 4 nitrogen and oxygen atoms in total. The van der Waals surface area contributed by atoms with Crippen LogP contribution in [0.25, 0.3) is 0 Å². The molecule has 2 heterocycles. The number of benzene rings is 1. The van der Waals surface area contributed by atoms with Gasteiger partial charge >= 0.3 is 12.0 Å². The maximum absolute atomic E-state index is 12.8. The molecule has 7 heteroatoms. The summed E-state index contributed by atoms with van der Waals surface area (Å²) in [5.74, 6) is -0.860. The van der Waals surface area contributed by atoms with Crippen molar-refractivity contribution < 1.29 is 29.4 Å². The number of amides is 1. The van der Waals surface area contributed by atoms with Gasteiger partial charge in [-0.2, -0.15) is 17.7 Å². The van der Waals surface area contributed by atoms with E-state index < -0.39 is 36.6 Å². The Bertz CT molecular complexity index is 1020. The molecule has 0 spiro atoms. The number of alkyl halides is 3. The Morgan fingerprint density at radius 3 is 2.80 bits per heavy atom. The second-order valence-electron chi connectivity index (χ2n) is 5.52. The van der Waals surface area contributed by atoms with Gasteiger partial charge in [-0.15, -0.1) is 0 Å². The van der Waals surface area contributed by atoms with Crippen LogP contribution in [0, 0.1) is 0 Å². The minimum absolute atomic E-state index is 0.0543. The van der Waals surface area contributed by atoms with Crippen LogP contribution in [-0.4, -0.2) is 22.5 Å². The summed E-state index contributed by atoms with van der Waals surface area (Å²) in [6.45, 7) is -1.32. The number of nitrogens with zero attached hydrogens (tertiary/aromatic N) is 2. The first-order valence-electron chi connectivity index (χ1n) is 9.90. The molecular weight excluding hydrogens is 331 g/mol. The highest BCUT2D eigenvalue weighted by Gasteiger charge is 2.36. The average Bonchev–Trinajstić information content (AvgIpc) is 3.04. The first kappa shape index (κ1) is 11.8. The van der Waals surface area contributed by atoms with E-state index in [1.165, 1.54) is 22.9 Å². The number of amidine groups is 1. The molecule has 0 saturated carbocycles. The summed E-state index contributed by atoms with van der Waals surface area (Å²) in [4.78, 5) is 16.7. The number of fused-ring (bicyclic) bond motifs is 1. The van der Waals surface area contributed by atoms with Gasteiger partial charge in [-0.25, -0.2) is 0 Å². The van der Waals surface area contributed by atoms with Crippen LogP contribution >= 0.6 is 0 Å². The number of hydrogen-bond acceptors (Lipinski definition) is 2. The van der Waals surface area contributed by atoms with Crippen molar-refractivity contribution in [3.05, 3.63) is 58.4 Å². The molecule has 0 fully saturated rings. The van der Waals surface area contributed by atoms with Crippen molar-refractivity contribution in [3.8, 4) is 0 Å². The monoisotopic (exact) mass is 353 g/mol. The van der Waals surface area contributed by atoms with E-state index in [1.54, 1.807) is 6.92 Å². The molecule has 3 rings (SSSR count). The van der Waals surface area contributed by atoms with E-state index in [0.717, 1.165) is 12.1 Å². The Labute approximate surface area is 150 Å².